The van der Waals surface area contributed by atoms with Crippen molar-refractivity contribution in [3.63, 3.8) is 0 Å². The summed E-state index contributed by atoms with van der Waals surface area (Å²) in [6, 6.07) is 4.46. The van der Waals surface area contributed by atoms with Crippen molar-refractivity contribution in [3.05, 3.63) is 35.1 Å². The maximum Gasteiger partial charge on any atom is 0.312 e. The van der Waals surface area contributed by atoms with Gasteiger partial charge >= 0.3 is 5.97 Å². The summed E-state index contributed by atoms with van der Waals surface area (Å²) in [4.78, 5) is 11.4. The van der Waals surface area contributed by atoms with E-state index in [2.05, 4.69) is 0 Å². The molecule has 1 heterocycles. The lowest BCUT2D eigenvalue weighted by atomic mass is 9.80. The number of carbonyl (C=O) groups is 1. The Morgan fingerprint density at radius 3 is 2.88 bits per heavy atom. The van der Waals surface area contributed by atoms with Crippen molar-refractivity contribution in [3.8, 4) is 0 Å². The van der Waals surface area contributed by atoms with Crippen LogP contribution in [0.4, 0.5) is 4.39 Å². The fourth-order valence-electron chi connectivity index (χ4n) is 2.21. The fraction of sp³-hybridized carbons (Fsp3) is 0.462. The Balaban J connectivity index is 2.26. The van der Waals surface area contributed by atoms with E-state index in [9.17, 15) is 14.3 Å². The maximum atomic E-state index is 13.0. The second-order valence-electron chi connectivity index (χ2n) is 4.64. The lowest BCUT2D eigenvalue weighted by molar-refractivity contribution is -0.148. The van der Waals surface area contributed by atoms with E-state index in [1.807, 2.05) is 0 Å². The van der Waals surface area contributed by atoms with Gasteiger partial charge in [-0.1, -0.05) is 6.07 Å². The SMILES string of the molecule is Cc1cc(F)ccc1CC1(C(=O)O)CCOC1. The fourth-order valence-corrected chi connectivity index (χ4v) is 2.21. The Hall–Kier alpha value is -1.42. The predicted molar refractivity (Wildman–Crippen MR) is 60.3 cm³/mol. The molecule has 0 aliphatic carbocycles. The quantitative estimate of drug-likeness (QED) is 0.877. The zero-order chi connectivity index (χ0) is 12.5. The van der Waals surface area contributed by atoms with Crippen LogP contribution in [-0.4, -0.2) is 24.3 Å². The smallest absolute Gasteiger partial charge is 0.312 e. The van der Waals surface area contributed by atoms with E-state index in [4.69, 9.17) is 4.74 Å². The predicted octanol–water partition coefficient (Wildman–Crippen LogP) is 2.17. The van der Waals surface area contributed by atoms with Crippen LogP contribution < -0.4 is 0 Å². The summed E-state index contributed by atoms with van der Waals surface area (Å²) < 4.78 is 18.2. The number of rotatable bonds is 3. The number of aliphatic carboxylic acids is 1. The van der Waals surface area contributed by atoms with Gasteiger partial charge in [0.25, 0.3) is 0 Å². The van der Waals surface area contributed by atoms with E-state index < -0.39 is 11.4 Å². The summed E-state index contributed by atoms with van der Waals surface area (Å²) in [5, 5.41) is 9.32. The highest BCUT2D eigenvalue weighted by atomic mass is 19.1. The van der Waals surface area contributed by atoms with Crippen molar-refractivity contribution < 1.29 is 19.0 Å². The van der Waals surface area contributed by atoms with E-state index >= 15 is 0 Å². The normalized spacial score (nSPS) is 23.9. The molecular weight excluding hydrogens is 223 g/mol. The molecule has 92 valence electrons. The Bertz CT molecular complexity index is 436. The molecule has 0 spiro atoms. The third-order valence-electron chi connectivity index (χ3n) is 3.39. The molecule has 4 heteroatoms. The third kappa shape index (κ3) is 2.31. The molecule has 1 aromatic rings. The zero-order valence-electron chi connectivity index (χ0n) is 9.70. The Morgan fingerprint density at radius 1 is 1.59 bits per heavy atom. The van der Waals surface area contributed by atoms with Crippen molar-refractivity contribution in [1.82, 2.24) is 0 Å². The molecule has 1 saturated heterocycles. The highest BCUT2D eigenvalue weighted by Crippen LogP contribution is 2.34. The number of benzene rings is 1. The first-order valence-electron chi connectivity index (χ1n) is 5.60. The molecule has 17 heavy (non-hydrogen) atoms. The average molecular weight is 238 g/mol. The largest absolute Gasteiger partial charge is 0.481 e. The monoisotopic (exact) mass is 238 g/mol. The molecule has 3 nitrogen and oxygen atoms in total. The molecule has 0 aromatic heterocycles. The standard InChI is InChI=1S/C13H15FO3/c1-9-6-11(14)3-2-10(9)7-13(12(15)16)4-5-17-8-13/h2-3,6H,4-5,7-8H2,1H3,(H,15,16). The van der Waals surface area contributed by atoms with E-state index in [-0.39, 0.29) is 12.4 Å². The lowest BCUT2D eigenvalue weighted by Gasteiger charge is -2.23. The second-order valence-corrected chi connectivity index (χ2v) is 4.64. The van der Waals surface area contributed by atoms with Gasteiger partial charge in [-0.2, -0.15) is 0 Å². The van der Waals surface area contributed by atoms with E-state index in [0.29, 0.717) is 19.4 Å². The summed E-state index contributed by atoms with van der Waals surface area (Å²) in [6.07, 6.45) is 0.910. The number of hydrogen-bond acceptors (Lipinski definition) is 2. The molecule has 1 aliphatic rings. The molecule has 1 aromatic carbocycles. The first kappa shape index (κ1) is 12.0. The molecule has 0 amide bonds. The maximum absolute atomic E-state index is 13.0. The van der Waals surface area contributed by atoms with Gasteiger partial charge in [0.15, 0.2) is 0 Å². The van der Waals surface area contributed by atoms with Crippen LogP contribution in [0.25, 0.3) is 0 Å². The van der Waals surface area contributed by atoms with E-state index in [0.717, 1.165) is 11.1 Å². The summed E-state index contributed by atoms with van der Waals surface area (Å²) in [7, 11) is 0. The summed E-state index contributed by atoms with van der Waals surface area (Å²) in [5.74, 6) is -1.13. The zero-order valence-corrected chi connectivity index (χ0v) is 9.70. The molecule has 0 saturated carbocycles. The first-order valence-corrected chi connectivity index (χ1v) is 5.60. The van der Waals surface area contributed by atoms with Crippen LogP contribution >= 0.6 is 0 Å². The van der Waals surface area contributed by atoms with Crippen LogP contribution in [0.5, 0.6) is 0 Å². The molecule has 1 N–H and O–H groups in total. The van der Waals surface area contributed by atoms with Gasteiger partial charge in [-0.15, -0.1) is 0 Å². The Labute approximate surface area is 99.2 Å². The van der Waals surface area contributed by atoms with Crippen molar-refractivity contribution in [2.75, 3.05) is 13.2 Å². The summed E-state index contributed by atoms with van der Waals surface area (Å²) >= 11 is 0. The molecule has 1 aliphatic heterocycles. The van der Waals surface area contributed by atoms with Crippen LogP contribution in [0.15, 0.2) is 18.2 Å². The molecule has 0 bridgehead atoms. The average Bonchev–Trinajstić information content (AvgIpc) is 2.72. The number of ether oxygens (including phenoxy) is 1. The highest BCUT2D eigenvalue weighted by Gasteiger charge is 2.42. The minimum atomic E-state index is -0.845. The highest BCUT2D eigenvalue weighted by molar-refractivity contribution is 5.75. The first-order chi connectivity index (χ1) is 8.03. The van der Waals surface area contributed by atoms with Crippen LogP contribution in [0.2, 0.25) is 0 Å². The van der Waals surface area contributed by atoms with Gasteiger partial charge in [-0.05, 0) is 43.0 Å². The third-order valence-corrected chi connectivity index (χ3v) is 3.39. The van der Waals surface area contributed by atoms with Gasteiger partial charge in [0.1, 0.15) is 5.82 Å². The second kappa shape index (κ2) is 4.45. The molecular formula is C13H15FO3. The molecule has 0 radical (unpaired) electrons. The van der Waals surface area contributed by atoms with Gasteiger partial charge in [0, 0.05) is 6.61 Å². The topological polar surface area (TPSA) is 46.5 Å². The van der Waals surface area contributed by atoms with Crippen LogP contribution in [0.1, 0.15) is 17.5 Å². The van der Waals surface area contributed by atoms with Crippen LogP contribution in [-0.2, 0) is 16.0 Å². The van der Waals surface area contributed by atoms with Gasteiger partial charge in [0.2, 0.25) is 0 Å². The van der Waals surface area contributed by atoms with E-state index in [1.165, 1.54) is 12.1 Å². The van der Waals surface area contributed by atoms with Gasteiger partial charge in [-0.3, -0.25) is 4.79 Å². The van der Waals surface area contributed by atoms with Gasteiger partial charge in [-0.25, -0.2) is 4.39 Å². The minimum absolute atomic E-state index is 0.235. The Morgan fingerprint density at radius 2 is 2.35 bits per heavy atom. The Kier molecular flexibility index (Phi) is 3.15. The summed E-state index contributed by atoms with van der Waals surface area (Å²) in [5.41, 5.74) is 0.819. The number of halogens is 1. The number of hydrogen-bond donors (Lipinski definition) is 1. The van der Waals surface area contributed by atoms with Crippen molar-refractivity contribution >= 4 is 5.97 Å². The number of carboxylic acids is 1. The van der Waals surface area contributed by atoms with Crippen molar-refractivity contribution in [2.24, 2.45) is 5.41 Å². The summed E-state index contributed by atoms with van der Waals surface area (Å²) in [6.45, 7) is 2.51. The van der Waals surface area contributed by atoms with Gasteiger partial charge in [0.05, 0.1) is 12.0 Å². The van der Waals surface area contributed by atoms with Crippen LogP contribution in [0.3, 0.4) is 0 Å². The molecule has 1 atom stereocenters. The van der Waals surface area contributed by atoms with Crippen LogP contribution in [0, 0.1) is 18.2 Å². The minimum Gasteiger partial charge on any atom is -0.481 e. The number of aryl methyl sites for hydroxylation is 1. The van der Waals surface area contributed by atoms with Crippen molar-refractivity contribution in [2.45, 2.75) is 19.8 Å². The lowest BCUT2D eigenvalue weighted by Crippen LogP contribution is -2.34. The molecule has 1 fully saturated rings. The van der Waals surface area contributed by atoms with E-state index in [1.54, 1.807) is 13.0 Å². The van der Waals surface area contributed by atoms with Crippen molar-refractivity contribution in [1.29, 1.82) is 0 Å². The number of carboxylic acid groups (broad SMARTS) is 1. The van der Waals surface area contributed by atoms with Gasteiger partial charge < -0.3 is 9.84 Å². The molecule has 1 unspecified atom stereocenters. The molecule has 2 rings (SSSR count).